The van der Waals surface area contributed by atoms with Crippen LogP contribution in [0.25, 0.3) is 0 Å². The van der Waals surface area contributed by atoms with E-state index in [0.717, 1.165) is 6.42 Å². The molecule has 1 fully saturated rings. The first-order valence-corrected chi connectivity index (χ1v) is 5.04. The molecule has 2 rings (SSSR count). The van der Waals surface area contributed by atoms with Crippen LogP contribution in [0.15, 0.2) is 30.3 Å². The summed E-state index contributed by atoms with van der Waals surface area (Å²) in [7, 11) is 0. The van der Waals surface area contributed by atoms with Crippen molar-refractivity contribution in [3.63, 3.8) is 0 Å². The Bertz CT molecular complexity index is 318. The third-order valence-electron chi connectivity index (χ3n) is 2.61. The van der Waals surface area contributed by atoms with Crippen molar-refractivity contribution in [2.24, 2.45) is 5.92 Å². The third kappa shape index (κ3) is 1.79. The minimum absolute atomic E-state index is 0.0404. The molecule has 1 aliphatic carbocycles. The zero-order valence-electron chi connectivity index (χ0n) is 8.27. The lowest BCUT2D eigenvalue weighted by atomic mass is 10.1. The maximum Gasteiger partial charge on any atom is 0.309 e. The number of carbonyl (C=O) groups is 1. The molecule has 2 atom stereocenters. The zero-order valence-corrected chi connectivity index (χ0v) is 8.27. The predicted octanol–water partition coefficient (Wildman–Crippen LogP) is 2.35. The lowest BCUT2D eigenvalue weighted by Gasteiger charge is -2.00. The molecule has 0 unspecified atom stereocenters. The second-order valence-corrected chi connectivity index (χ2v) is 3.61. The molecule has 1 aromatic rings. The Kier molecular flexibility index (Phi) is 2.53. The van der Waals surface area contributed by atoms with Gasteiger partial charge in [-0.1, -0.05) is 30.3 Å². The number of hydrogen-bond donors (Lipinski definition) is 0. The Balaban J connectivity index is 1.96. The van der Waals surface area contributed by atoms with E-state index in [1.165, 1.54) is 5.56 Å². The van der Waals surface area contributed by atoms with Gasteiger partial charge in [0.15, 0.2) is 0 Å². The van der Waals surface area contributed by atoms with Crippen LogP contribution in [-0.2, 0) is 9.53 Å². The molecule has 0 saturated heterocycles. The molecule has 0 bridgehead atoms. The minimum atomic E-state index is -0.0404. The van der Waals surface area contributed by atoms with Crippen molar-refractivity contribution in [3.8, 4) is 0 Å². The van der Waals surface area contributed by atoms with Crippen LogP contribution in [-0.4, -0.2) is 12.6 Å². The fourth-order valence-electron chi connectivity index (χ4n) is 1.77. The lowest BCUT2D eigenvalue weighted by molar-refractivity contribution is -0.144. The normalized spacial score (nSPS) is 24.4. The van der Waals surface area contributed by atoms with Gasteiger partial charge in [-0.3, -0.25) is 4.79 Å². The second kappa shape index (κ2) is 3.82. The summed E-state index contributed by atoms with van der Waals surface area (Å²) < 4.78 is 4.98. The van der Waals surface area contributed by atoms with Gasteiger partial charge in [0, 0.05) is 0 Å². The summed E-state index contributed by atoms with van der Waals surface area (Å²) in [6, 6.07) is 10.2. The molecule has 0 heterocycles. The molecule has 0 N–H and O–H groups in total. The van der Waals surface area contributed by atoms with Gasteiger partial charge in [0.25, 0.3) is 0 Å². The van der Waals surface area contributed by atoms with E-state index < -0.39 is 0 Å². The van der Waals surface area contributed by atoms with Gasteiger partial charge in [0.05, 0.1) is 12.5 Å². The molecule has 0 amide bonds. The first-order valence-electron chi connectivity index (χ1n) is 5.04. The molecule has 14 heavy (non-hydrogen) atoms. The van der Waals surface area contributed by atoms with E-state index in [0.29, 0.717) is 12.5 Å². The number of ether oxygens (including phenoxy) is 1. The molecule has 0 radical (unpaired) electrons. The topological polar surface area (TPSA) is 26.3 Å². The fourth-order valence-corrected chi connectivity index (χ4v) is 1.77. The van der Waals surface area contributed by atoms with Crippen LogP contribution >= 0.6 is 0 Å². The van der Waals surface area contributed by atoms with Gasteiger partial charge < -0.3 is 4.74 Å². The number of carbonyl (C=O) groups excluding carboxylic acids is 1. The molecule has 2 nitrogen and oxygen atoms in total. The Morgan fingerprint density at radius 1 is 1.43 bits per heavy atom. The van der Waals surface area contributed by atoms with Gasteiger partial charge >= 0.3 is 5.97 Å². The summed E-state index contributed by atoms with van der Waals surface area (Å²) >= 11 is 0. The van der Waals surface area contributed by atoms with Gasteiger partial charge in [-0.05, 0) is 24.8 Å². The number of benzene rings is 1. The average Bonchev–Trinajstić information content (AvgIpc) is 2.99. The van der Waals surface area contributed by atoms with Gasteiger partial charge in [0.2, 0.25) is 0 Å². The van der Waals surface area contributed by atoms with Crippen LogP contribution in [0.4, 0.5) is 0 Å². The molecule has 74 valence electrons. The van der Waals surface area contributed by atoms with E-state index in [-0.39, 0.29) is 11.9 Å². The van der Waals surface area contributed by atoms with Gasteiger partial charge in [-0.15, -0.1) is 0 Å². The van der Waals surface area contributed by atoms with Crippen LogP contribution < -0.4 is 0 Å². The molecular formula is C12H14O2. The Hall–Kier alpha value is -1.31. The third-order valence-corrected chi connectivity index (χ3v) is 2.61. The van der Waals surface area contributed by atoms with Crippen molar-refractivity contribution in [1.82, 2.24) is 0 Å². The molecule has 0 spiro atoms. The monoisotopic (exact) mass is 190 g/mol. The van der Waals surface area contributed by atoms with E-state index in [1.807, 2.05) is 25.1 Å². The van der Waals surface area contributed by atoms with Crippen molar-refractivity contribution < 1.29 is 9.53 Å². The smallest absolute Gasteiger partial charge is 0.309 e. The van der Waals surface area contributed by atoms with Crippen molar-refractivity contribution in [3.05, 3.63) is 35.9 Å². The summed E-state index contributed by atoms with van der Waals surface area (Å²) in [5.41, 5.74) is 1.26. The fraction of sp³-hybridized carbons (Fsp3) is 0.417. The Morgan fingerprint density at radius 3 is 2.79 bits per heavy atom. The molecule has 2 heteroatoms. The lowest BCUT2D eigenvalue weighted by Crippen LogP contribution is -2.07. The van der Waals surface area contributed by atoms with E-state index in [4.69, 9.17) is 4.74 Å². The number of esters is 1. The van der Waals surface area contributed by atoms with Gasteiger partial charge in [-0.2, -0.15) is 0 Å². The highest BCUT2D eigenvalue weighted by molar-refractivity contribution is 5.77. The largest absolute Gasteiger partial charge is 0.466 e. The van der Waals surface area contributed by atoms with Crippen LogP contribution in [0.2, 0.25) is 0 Å². The first kappa shape index (κ1) is 9.25. The second-order valence-electron chi connectivity index (χ2n) is 3.61. The highest BCUT2D eigenvalue weighted by Crippen LogP contribution is 2.47. The van der Waals surface area contributed by atoms with Crippen LogP contribution in [0.5, 0.6) is 0 Å². The molecule has 1 aromatic carbocycles. The number of hydrogen-bond acceptors (Lipinski definition) is 2. The maximum absolute atomic E-state index is 11.4. The predicted molar refractivity (Wildman–Crippen MR) is 53.9 cm³/mol. The summed E-state index contributed by atoms with van der Waals surface area (Å²) in [5, 5.41) is 0. The van der Waals surface area contributed by atoms with Gasteiger partial charge in [0.1, 0.15) is 0 Å². The average molecular weight is 190 g/mol. The summed E-state index contributed by atoms with van der Waals surface area (Å²) in [4.78, 5) is 11.4. The van der Waals surface area contributed by atoms with Crippen LogP contribution in [0.3, 0.4) is 0 Å². The van der Waals surface area contributed by atoms with Crippen molar-refractivity contribution in [2.45, 2.75) is 19.3 Å². The maximum atomic E-state index is 11.4. The zero-order chi connectivity index (χ0) is 9.97. The Labute approximate surface area is 83.9 Å². The van der Waals surface area contributed by atoms with Crippen LogP contribution in [0, 0.1) is 5.92 Å². The van der Waals surface area contributed by atoms with E-state index in [1.54, 1.807) is 0 Å². The van der Waals surface area contributed by atoms with E-state index >= 15 is 0 Å². The SMILES string of the molecule is CCOC(=O)[C@H]1C[C@H]1c1ccccc1. The van der Waals surface area contributed by atoms with Crippen molar-refractivity contribution in [1.29, 1.82) is 0 Å². The molecule has 1 aliphatic rings. The molecule has 1 saturated carbocycles. The van der Waals surface area contributed by atoms with Crippen molar-refractivity contribution >= 4 is 5.97 Å². The first-order chi connectivity index (χ1) is 6.83. The molecular weight excluding hydrogens is 176 g/mol. The van der Waals surface area contributed by atoms with Gasteiger partial charge in [-0.25, -0.2) is 0 Å². The Morgan fingerprint density at radius 2 is 2.14 bits per heavy atom. The quantitative estimate of drug-likeness (QED) is 0.684. The molecule has 0 aliphatic heterocycles. The minimum Gasteiger partial charge on any atom is -0.466 e. The molecule has 0 aromatic heterocycles. The van der Waals surface area contributed by atoms with E-state index in [2.05, 4.69) is 12.1 Å². The van der Waals surface area contributed by atoms with E-state index in [9.17, 15) is 4.79 Å². The highest BCUT2D eigenvalue weighted by atomic mass is 16.5. The number of rotatable bonds is 3. The summed E-state index contributed by atoms with van der Waals surface area (Å²) in [5.74, 6) is 0.467. The standard InChI is InChI=1S/C12H14O2/c1-2-14-12(13)11-8-10(11)9-6-4-3-5-7-9/h3-7,10-11H,2,8H2,1H3/t10-,11-/m0/s1. The summed E-state index contributed by atoms with van der Waals surface area (Å²) in [6.45, 7) is 2.33. The van der Waals surface area contributed by atoms with Crippen LogP contribution in [0.1, 0.15) is 24.8 Å². The summed E-state index contributed by atoms with van der Waals surface area (Å²) in [6.07, 6.45) is 0.947. The van der Waals surface area contributed by atoms with Crippen molar-refractivity contribution in [2.75, 3.05) is 6.61 Å². The highest BCUT2D eigenvalue weighted by Gasteiger charge is 2.44.